The van der Waals surface area contributed by atoms with E-state index >= 15 is 0 Å². The second-order valence-corrected chi connectivity index (χ2v) is 5.34. The van der Waals surface area contributed by atoms with Crippen molar-refractivity contribution in [2.75, 3.05) is 33.7 Å². The molecular weight excluding hydrogens is 224 g/mol. The number of hydrogen-bond acceptors (Lipinski definition) is 3. The molecule has 1 heterocycles. The zero-order chi connectivity index (χ0) is 13.1. The summed E-state index contributed by atoms with van der Waals surface area (Å²) >= 11 is 0. The fourth-order valence-electron chi connectivity index (χ4n) is 2.53. The van der Waals surface area contributed by atoms with Crippen molar-refractivity contribution in [3.8, 4) is 0 Å². The zero-order valence-corrected chi connectivity index (χ0v) is 11.5. The highest BCUT2D eigenvalue weighted by Gasteiger charge is 2.25. The van der Waals surface area contributed by atoms with E-state index in [1.807, 2.05) is 31.2 Å². The third-order valence-electron chi connectivity index (χ3n) is 3.85. The maximum atomic E-state index is 12.3. The molecule has 98 valence electrons. The largest absolute Gasteiger partial charge is 0.304 e. The third kappa shape index (κ3) is 2.98. The van der Waals surface area contributed by atoms with Gasteiger partial charge in [-0.3, -0.25) is 4.79 Å². The van der Waals surface area contributed by atoms with Crippen LogP contribution in [0.15, 0.2) is 24.3 Å². The summed E-state index contributed by atoms with van der Waals surface area (Å²) in [7, 11) is 4.24. The van der Waals surface area contributed by atoms with Gasteiger partial charge in [0.15, 0.2) is 5.78 Å². The lowest BCUT2D eigenvalue weighted by molar-refractivity contribution is 0.0809. The molecule has 1 unspecified atom stereocenters. The van der Waals surface area contributed by atoms with Gasteiger partial charge in [-0.2, -0.15) is 0 Å². The van der Waals surface area contributed by atoms with Crippen LogP contribution in [0.2, 0.25) is 0 Å². The lowest BCUT2D eigenvalue weighted by Gasteiger charge is -2.37. The van der Waals surface area contributed by atoms with Crippen LogP contribution >= 0.6 is 0 Å². The van der Waals surface area contributed by atoms with Gasteiger partial charge in [0.1, 0.15) is 0 Å². The molecule has 0 bridgehead atoms. The van der Waals surface area contributed by atoms with Crippen molar-refractivity contribution in [3.63, 3.8) is 0 Å². The highest BCUT2D eigenvalue weighted by atomic mass is 16.1. The predicted molar refractivity (Wildman–Crippen MR) is 74.0 cm³/mol. The first-order valence-electron chi connectivity index (χ1n) is 6.55. The van der Waals surface area contributed by atoms with E-state index < -0.39 is 0 Å². The van der Waals surface area contributed by atoms with Crippen molar-refractivity contribution >= 4 is 5.78 Å². The van der Waals surface area contributed by atoms with Crippen LogP contribution in [0.3, 0.4) is 0 Å². The summed E-state index contributed by atoms with van der Waals surface area (Å²) in [6, 6.07) is 8.20. The smallest absolute Gasteiger partial charge is 0.164 e. The van der Waals surface area contributed by atoms with Gasteiger partial charge in [0.05, 0.1) is 0 Å². The topological polar surface area (TPSA) is 23.6 Å². The number of hydrogen-bond donors (Lipinski definition) is 0. The van der Waals surface area contributed by atoms with E-state index in [4.69, 9.17) is 0 Å². The Balaban J connectivity index is 2.05. The van der Waals surface area contributed by atoms with Gasteiger partial charge in [-0.25, -0.2) is 0 Å². The van der Waals surface area contributed by atoms with Crippen LogP contribution in [0.1, 0.15) is 22.3 Å². The fourth-order valence-corrected chi connectivity index (χ4v) is 2.53. The van der Waals surface area contributed by atoms with E-state index in [1.54, 1.807) is 0 Å². The summed E-state index contributed by atoms with van der Waals surface area (Å²) < 4.78 is 0. The minimum absolute atomic E-state index is 0.264. The summed E-state index contributed by atoms with van der Waals surface area (Å²) in [6.07, 6.45) is 0.617. The molecular formula is C15H22N2O. The molecule has 1 aromatic rings. The number of Topliss-reactive ketones (excluding diaryl/α,β-unsaturated/α-hetero) is 1. The molecule has 0 aromatic heterocycles. The number of rotatable bonds is 3. The van der Waals surface area contributed by atoms with Crippen LogP contribution in [-0.2, 0) is 0 Å². The third-order valence-corrected chi connectivity index (χ3v) is 3.85. The van der Waals surface area contributed by atoms with Crippen LogP contribution in [0.25, 0.3) is 0 Å². The molecule has 1 aromatic carbocycles. The quantitative estimate of drug-likeness (QED) is 0.760. The number of benzene rings is 1. The molecule has 2 rings (SSSR count). The van der Waals surface area contributed by atoms with Crippen LogP contribution < -0.4 is 0 Å². The van der Waals surface area contributed by atoms with E-state index in [2.05, 4.69) is 23.9 Å². The molecule has 1 aliphatic heterocycles. The summed E-state index contributed by atoms with van der Waals surface area (Å²) in [5.41, 5.74) is 1.95. The first-order chi connectivity index (χ1) is 8.58. The van der Waals surface area contributed by atoms with Crippen LogP contribution in [0.5, 0.6) is 0 Å². The van der Waals surface area contributed by atoms with Gasteiger partial charge in [0.25, 0.3) is 0 Å². The van der Waals surface area contributed by atoms with Gasteiger partial charge in [-0.05, 0) is 26.6 Å². The van der Waals surface area contributed by atoms with E-state index in [0.717, 1.165) is 30.8 Å². The number of nitrogens with zero attached hydrogens (tertiary/aromatic N) is 2. The van der Waals surface area contributed by atoms with Crippen molar-refractivity contribution < 1.29 is 4.79 Å². The minimum atomic E-state index is 0.264. The number of carbonyl (C=O) groups excluding carboxylic acids is 1. The predicted octanol–water partition coefficient (Wildman–Crippen LogP) is 1.81. The molecule has 0 saturated carbocycles. The summed E-state index contributed by atoms with van der Waals surface area (Å²) in [6.45, 7) is 5.12. The van der Waals surface area contributed by atoms with E-state index in [1.165, 1.54) is 0 Å². The maximum absolute atomic E-state index is 12.3. The Morgan fingerprint density at radius 2 is 2.00 bits per heavy atom. The Hall–Kier alpha value is -1.19. The normalized spacial score (nSPS) is 22.1. The van der Waals surface area contributed by atoms with Gasteiger partial charge in [-0.1, -0.05) is 24.3 Å². The number of piperazine rings is 1. The zero-order valence-electron chi connectivity index (χ0n) is 11.5. The van der Waals surface area contributed by atoms with Gasteiger partial charge in [0, 0.05) is 37.7 Å². The van der Waals surface area contributed by atoms with Gasteiger partial charge < -0.3 is 9.80 Å². The first-order valence-corrected chi connectivity index (χ1v) is 6.55. The Kier molecular flexibility index (Phi) is 4.15. The van der Waals surface area contributed by atoms with Gasteiger partial charge in [-0.15, -0.1) is 0 Å². The number of likely N-dealkylation sites (N-methyl/N-ethyl adjacent to an activating group) is 2. The molecule has 1 aliphatic rings. The molecule has 3 nitrogen and oxygen atoms in total. The highest BCUT2D eigenvalue weighted by molar-refractivity contribution is 5.97. The Labute approximate surface area is 109 Å². The summed E-state index contributed by atoms with van der Waals surface area (Å²) in [5, 5.41) is 0. The van der Waals surface area contributed by atoms with Crippen molar-refractivity contribution in [1.29, 1.82) is 0 Å². The molecule has 0 N–H and O–H groups in total. The minimum Gasteiger partial charge on any atom is -0.304 e. The standard InChI is InChI=1S/C15H22N2O/c1-12-6-4-5-7-14(12)15(18)10-13-11-16(2)8-9-17(13)3/h4-7,13H,8-11H2,1-3H3. The van der Waals surface area contributed by atoms with Crippen LogP contribution in [0.4, 0.5) is 0 Å². The van der Waals surface area contributed by atoms with E-state index in [-0.39, 0.29) is 5.78 Å². The van der Waals surface area contributed by atoms with Gasteiger partial charge >= 0.3 is 0 Å². The molecule has 0 aliphatic carbocycles. The van der Waals surface area contributed by atoms with E-state index in [9.17, 15) is 4.79 Å². The molecule has 1 atom stereocenters. The first kappa shape index (κ1) is 13.2. The fraction of sp³-hybridized carbons (Fsp3) is 0.533. The van der Waals surface area contributed by atoms with Crippen molar-refractivity contribution in [2.45, 2.75) is 19.4 Å². The number of aryl methyl sites for hydroxylation is 1. The molecule has 18 heavy (non-hydrogen) atoms. The molecule has 1 saturated heterocycles. The number of ketones is 1. The maximum Gasteiger partial charge on any atom is 0.164 e. The molecule has 0 amide bonds. The number of carbonyl (C=O) groups is 1. The highest BCUT2D eigenvalue weighted by Crippen LogP contribution is 2.15. The lowest BCUT2D eigenvalue weighted by atomic mass is 9.98. The molecule has 3 heteroatoms. The second kappa shape index (κ2) is 5.63. The van der Waals surface area contributed by atoms with Crippen molar-refractivity contribution in [3.05, 3.63) is 35.4 Å². The summed E-state index contributed by atoms with van der Waals surface area (Å²) in [5.74, 6) is 0.264. The average Bonchev–Trinajstić information content (AvgIpc) is 2.34. The monoisotopic (exact) mass is 246 g/mol. The van der Waals surface area contributed by atoms with E-state index in [0.29, 0.717) is 12.5 Å². The van der Waals surface area contributed by atoms with Crippen molar-refractivity contribution in [1.82, 2.24) is 9.80 Å². The Morgan fingerprint density at radius 1 is 1.28 bits per heavy atom. The Morgan fingerprint density at radius 3 is 2.72 bits per heavy atom. The van der Waals surface area contributed by atoms with Crippen LogP contribution in [0, 0.1) is 6.92 Å². The molecule has 0 radical (unpaired) electrons. The molecule has 1 fully saturated rings. The summed E-state index contributed by atoms with van der Waals surface area (Å²) in [4.78, 5) is 16.9. The second-order valence-electron chi connectivity index (χ2n) is 5.34. The average molecular weight is 246 g/mol. The Bertz CT molecular complexity index is 430. The lowest BCUT2D eigenvalue weighted by Crippen LogP contribution is -2.50. The SMILES string of the molecule is Cc1ccccc1C(=O)CC1CN(C)CCN1C. The van der Waals surface area contributed by atoms with Crippen molar-refractivity contribution in [2.24, 2.45) is 0 Å². The molecule has 0 spiro atoms. The van der Waals surface area contributed by atoms with Crippen LogP contribution in [-0.4, -0.2) is 55.4 Å². The van der Waals surface area contributed by atoms with Gasteiger partial charge in [0.2, 0.25) is 0 Å².